The Labute approximate surface area is 99.1 Å². The number of nitriles is 1. The molecule has 0 radical (unpaired) electrons. The summed E-state index contributed by atoms with van der Waals surface area (Å²) in [7, 11) is -3.63. The summed E-state index contributed by atoms with van der Waals surface area (Å²) in [6.45, 7) is 0.209. The van der Waals surface area contributed by atoms with E-state index in [2.05, 4.69) is 9.71 Å². The first-order valence-corrected chi connectivity index (χ1v) is 6.41. The van der Waals surface area contributed by atoms with E-state index in [0.717, 1.165) is 0 Å². The maximum absolute atomic E-state index is 11.7. The van der Waals surface area contributed by atoms with E-state index < -0.39 is 10.0 Å². The third-order valence-corrected chi connectivity index (χ3v) is 3.68. The summed E-state index contributed by atoms with van der Waals surface area (Å²) in [6, 6.07) is 4.80. The van der Waals surface area contributed by atoms with Crippen molar-refractivity contribution in [3.63, 3.8) is 0 Å². The van der Waals surface area contributed by atoms with E-state index in [-0.39, 0.29) is 16.6 Å². The minimum Gasteiger partial charge on any atom is -0.243 e. The van der Waals surface area contributed by atoms with Crippen molar-refractivity contribution in [2.75, 3.05) is 6.54 Å². The third-order valence-electron chi connectivity index (χ3n) is 1.77. The molecule has 0 aromatic carbocycles. The Morgan fingerprint density at radius 2 is 2.31 bits per heavy atom. The fourth-order valence-corrected chi connectivity index (χ4v) is 2.55. The van der Waals surface area contributed by atoms with E-state index in [0.29, 0.717) is 12.8 Å². The zero-order valence-corrected chi connectivity index (χ0v) is 9.92. The van der Waals surface area contributed by atoms with Crippen LogP contribution in [-0.2, 0) is 10.0 Å². The summed E-state index contributed by atoms with van der Waals surface area (Å²) in [4.78, 5) is 3.64. The number of sulfonamides is 1. The molecule has 0 aliphatic rings. The van der Waals surface area contributed by atoms with Crippen LogP contribution in [-0.4, -0.2) is 19.9 Å². The lowest BCUT2D eigenvalue weighted by atomic mass is 10.3. The largest absolute Gasteiger partial charge is 0.243 e. The number of pyridine rings is 1. The lowest BCUT2D eigenvalue weighted by Gasteiger charge is -2.06. The number of unbranched alkanes of at least 4 members (excludes halogenated alkanes) is 1. The van der Waals surface area contributed by atoms with E-state index in [1.165, 1.54) is 18.3 Å². The minimum atomic E-state index is -3.63. The lowest BCUT2D eigenvalue weighted by molar-refractivity contribution is 0.579. The SMILES string of the molecule is N#CCCCNS(=O)(=O)c1cccnc1Cl. The molecule has 0 unspecified atom stereocenters. The van der Waals surface area contributed by atoms with Gasteiger partial charge in [-0.15, -0.1) is 0 Å². The van der Waals surface area contributed by atoms with Crippen LogP contribution in [0, 0.1) is 11.3 Å². The van der Waals surface area contributed by atoms with Gasteiger partial charge in [-0.1, -0.05) is 11.6 Å². The lowest BCUT2D eigenvalue weighted by Crippen LogP contribution is -2.25. The molecule has 0 aliphatic carbocycles. The van der Waals surface area contributed by atoms with Crippen LogP contribution in [0.5, 0.6) is 0 Å². The van der Waals surface area contributed by atoms with Gasteiger partial charge in [0.15, 0.2) is 0 Å². The van der Waals surface area contributed by atoms with Crippen molar-refractivity contribution in [3.8, 4) is 6.07 Å². The summed E-state index contributed by atoms with van der Waals surface area (Å²) in [5, 5.41) is 8.24. The Hall–Kier alpha value is -1.16. The molecule has 86 valence electrons. The number of hydrogen-bond acceptors (Lipinski definition) is 4. The molecule has 1 rings (SSSR count). The zero-order chi connectivity index (χ0) is 12.0. The predicted octanol–water partition coefficient (Wildman–Crippen LogP) is 1.32. The van der Waals surface area contributed by atoms with Gasteiger partial charge < -0.3 is 0 Å². The Bertz CT molecular complexity index is 496. The minimum absolute atomic E-state index is 0.0476. The monoisotopic (exact) mass is 259 g/mol. The Morgan fingerprint density at radius 3 is 2.94 bits per heavy atom. The predicted molar refractivity (Wildman–Crippen MR) is 59.3 cm³/mol. The maximum atomic E-state index is 11.7. The van der Waals surface area contributed by atoms with Gasteiger partial charge in [-0.05, 0) is 18.6 Å². The molecule has 16 heavy (non-hydrogen) atoms. The highest BCUT2D eigenvalue weighted by molar-refractivity contribution is 7.89. The molecule has 5 nitrogen and oxygen atoms in total. The van der Waals surface area contributed by atoms with E-state index >= 15 is 0 Å². The Balaban J connectivity index is 2.72. The summed E-state index contributed by atoms with van der Waals surface area (Å²) in [5.74, 6) is 0. The molecule has 1 N–H and O–H groups in total. The van der Waals surface area contributed by atoms with Crippen molar-refractivity contribution in [1.82, 2.24) is 9.71 Å². The molecule has 0 saturated heterocycles. The highest BCUT2D eigenvalue weighted by atomic mass is 35.5. The fourth-order valence-electron chi connectivity index (χ4n) is 1.02. The molecule has 0 aliphatic heterocycles. The van der Waals surface area contributed by atoms with Gasteiger partial charge in [0.2, 0.25) is 10.0 Å². The van der Waals surface area contributed by atoms with Crippen LogP contribution < -0.4 is 4.72 Å². The Kier molecular flexibility index (Phi) is 4.68. The molecule has 1 aromatic rings. The van der Waals surface area contributed by atoms with Crippen molar-refractivity contribution in [1.29, 1.82) is 5.26 Å². The van der Waals surface area contributed by atoms with Crippen LogP contribution >= 0.6 is 11.6 Å². The van der Waals surface area contributed by atoms with Crippen molar-refractivity contribution >= 4 is 21.6 Å². The molecule has 0 atom stereocenters. The molecule has 0 saturated carbocycles. The van der Waals surface area contributed by atoms with Crippen molar-refractivity contribution in [2.24, 2.45) is 0 Å². The topological polar surface area (TPSA) is 82.9 Å². The van der Waals surface area contributed by atoms with Gasteiger partial charge >= 0.3 is 0 Å². The van der Waals surface area contributed by atoms with Crippen LogP contribution in [0.25, 0.3) is 0 Å². The highest BCUT2D eigenvalue weighted by Gasteiger charge is 2.17. The van der Waals surface area contributed by atoms with Gasteiger partial charge in [-0.3, -0.25) is 0 Å². The highest BCUT2D eigenvalue weighted by Crippen LogP contribution is 2.17. The smallest absolute Gasteiger partial charge is 0.243 e. The van der Waals surface area contributed by atoms with Gasteiger partial charge in [-0.2, -0.15) is 5.26 Å². The third kappa shape index (κ3) is 3.45. The molecule has 7 heteroatoms. The quantitative estimate of drug-likeness (QED) is 0.639. The average Bonchev–Trinajstić information content (AvgIpc) is 2.25. The van der Waals surface area contributed by atoms with Crippen molar-refractivity contribution in [2.45, 2.75) is 17.7 Å². The second-order valence-electron chi connectivity index (χ2n) is 2.95. The number of hydrogen-bond donors (Lipinski definition) is 1. The molecular formula is C9H10ClN3O2S. The molecule has 1 heterocycles. The molecular weight excluding hydrogens is 250 g/mol. The normalized spacial score (nSPS) is 11.0. The molecule has 0 bridgehead atoms. The molecule has 0 spiro atoms. The summed E-state index contributed by atoms with van der Waals surface area (Å²) in [6.07, 6.45) is 2.19. The number of halogens is 1. The summed E-state index contributed by atoms with van der Waals surface area (Å²) in [5.41, 5.74) is 0. The van der Waals surface area contributed by atoms with E-state index in [1.807, 2.05) is 6.07 Å². The maximum Gasteiger partial charge on any atom is 0.243 e. The van der Waals surface area contributed by atoms with Gasteiger partial charge in [-0.25, -0.2) is 18.1 Å². The molecule has 0 amide bonds. The standard InChI is InChI=1S/C9H10ClN3O2S/c10-9-8(4-3-6-12-9)16(14,15)13-7-2-1-5-11/h3-4,6,13H,1-2,7H2. The Morgan fingerprint density at radius 1 is 1.56 bits per heavy atom. The number of nitrogens with one attached hydrogen (secondary N) is 1. The second kappa shape index (κ2) is 5.80. The van der Waals surface area contributed by atoms with Gasteiger partial charge in [0, 0.05) is 19.2 Å². The fraction of sp³-hybridized carbons (Fsp3) is 0.333. The van der Waals surface area contributed by atoms with Crippen LogP contribution in [0.1, 0.15) is 12.8 Å². The number of aromatic nitrogens is 1. The van der Waals surface area contributed by atoms with Gasteiger partial charge in [0.05, 0.1) is 6.07 Å². The van der Waals surface area contributed by atoms with Crippen molar-refractivity contribution in [3.05, 3.63) is 23.5 Å². The van der Waals surface area contributed by atoms with Crippen LogP contribution in [0.3, 0.4) is 0 Å². The molecule has 1 aromatic heterocycles. The second-order valence-corrected chi connectivity index (χ2v) is 5.05. The number of nitrogens with zero attached hydrogens (tertiary/aromatic N) is 2. The zero-order valence-electron chi connectivity index (χ0n) is 8.35. The van der Waals surface area contributed by atoms with E-state index in [9.17, 15) is 8.42 Å². The van der Waals surface area contributed by atoms with Crippen LogP contribution in [0.2, 0.25) is 5.15 Å². The van der Waals surface area contributed by atoms with Gasteiger partial charge in [0.25, 0.3) is 0 Å². The molecule has 0 fully saturated rings. The number of rotatable bonds is 5. The van der Waals surface area contributed by atoms with Crippen molar-refractivity contribution < 1.29 is 8.42 Å². The van der Waals surface area contributed by atoms with E-state index in [4.69, 9.17) is 16.9 Å². The van der Waals surface area contributed by atoms with Crippen LogP contribution in [0.4, 0.5) is 0 Å². The average molecular weight is 260 g/mol. The summed E-state index contributed by atoms with van der Waals surface area (Å²) >= 11 is 5.67. The van der Waals surface area contributed by atoms with Crippen LogP contribution in [0.15, 0.2) is 23.2 Å². The summed E-state index contributed by atoms with van der Waals surface area (Å²) < 4.78 is 25.7. The first-order valence-electron chi connectivity index (χ1n) is 4.55. The van der Waals surface area contributed by atoms with E-state index in [1.54, 1.807) is 0 Å². The van der Waals surface area contributed by atoms with Gasteiger partial charge in [0.1, 0.15) is 10.0 Å². The first-order chi connectivity index (χ1) is 7.58. The first kappa shape index (κ1) is 12.9.